The van der Waals surface area contributed by atoms with Crippen molar-refractivity contribution >= 4 is 28.2 Å². The third kappa shape index (κ3) is 2.88. The molecule has 0 aliphatic carbocycles. The molecular formula is C17H15N3O2. The number of fused-ring (bicyclic) bond motifs is 1. The lowest BCUT2D eigenvalue weighted by atomic mass is 10.2. The Morgan fingerprint density at radius 3 is 2.82 bits per heavy atom. The molecule has 0 radical (unpaired) electrons. The highest BCUT2D eigenvalue weighted by Gasteiger charge is 2.13. The van der Waals surface area contributed by atoms with Crippen molar-refractivity contribution in [3.63, 3.8) is 0 Å². The highest BCUT2D eigenvalue weighted by atomic mass is 16.5. The summed E-state index contributed by atoms with van der Waals surface area (Å²) in [7, 11) is 0. The van der Waals surface area contributed by atoms with Crippen molar-refractivity contribution in [1.82, 2.24) is 9.97 Å². The molecule has 110 valence electrons. The Hall–Kier alpha value is -2.95. The molecule has 2 aromatic heterocycles. The maximum atomic E-state index is 12.0. The molecule has 0 atom stereocenters. The first-order chi connectivity index (χ1) is 10.8. The molecule has 3 rings (SSSR count). The fourth-order valence-electron chi connectivity index (χ4n) is 2.16. The van der Waals surface area contributed by atoms with Crippen LogP contribution in [0.4, 0.5) is 11.5 Å². The van der Waals surface area contributed by atoms with Gasteiger partial charge in [0, 0.05) is 28.9 Å². The number of rotatable bonds is 4. The molecule has 0 bridgehead atoms. The molecule has 1 aromatic carbocycles. The Kier molecular flexibility index (Phi) is 3.96. The van der Waals surface area contributed by atoms with E-state index in [0.29, 0.717) is 12.4 Å². The summed E-state index contributed by atoms with van der Waals surface area (Å²) >= 11 is 0. The van der Waals surface area contributed by atoms with Crippen LogP contribution in [0.2, 0.25) is 0 Å². The smallest absolute Gasteiger partial charge is 0.357 e. The van der Waals surface area contributed by atoms with Gasteiger partial charge >= 0.3 is 5.97 Å². The van der Waals surface area contributed by atoms with E-state index in [2.05, 4.69) is 15.3 Å². The second-order valence-corrected chi connectivity index (χ2v) is 4.66. The number of hydrogen-bond donors (Lipinski definition) is 1. The minimum atomic E-state index is -0.440. The molecule has 0 unspecified atom stereocenters. The number of carbonyl (C=O) groups is 1. The van der Waals surface area contributed by atoms with Crippen molar-refractivity contribution in [2.45, 2.75) is 6.92 Å². The Morgan fingerprint density at radius 1 is 1.23 bits per heavy atom. The summed E-state index contributed by atoms with van der Waals surface area (Å²) in [5.41, 5.74) is 1.16. The normalized spacial score (nSPS) is 10.4. The first-order valence-corrected chi connectivity index (χ1v) is 7.02. The van der Waals surface area contributed by atoms with Gasteiger partial charge in [-0.1, -0.05) is 18.2 Å². The Bertz CT molecular complexity index is 803. The first-order valence-electron chi connectivity index (χ1n) is 7.02. The Labute approximate surface area is 128 Å². The van der Waals surface area contributed by atoms with Crippen LogP contribution in [0.25, 0.3) is 10.8 Å². The molecule has 0 saturated carbocycles. The molecule has 0 saturated heterocycles. The summed E-state index contributed by atoms with van der Waals surface area (Å²) in [6, 6.07) is 13.2. The lowest BCUT2D eigenvalue weighted by Gasteiger charge is -2.11. The number of ether oxygens (including phenoxy) is 1. The zero-order valence-electron chi connectivity index (χ0n) is 12.1. The van der Waals surface area contributed by atoms with Gasteiger partial charge in [0.1, 0.15) is 5.82 Å². The van der Waals surface area contributed by atoms with E-state index in [1.807, 2.05) is 36.4 Å². The van der Waals surface area contributed by atoms with Gasteiger partial charge in [0.15, 0.2) is 5.69 Å². The Balaban J connectivity index is 2.08. The molecule has 0 spiro atoms. The molecule has 2 heterocycles. The van der Waals surface area contributed by atoms with Crippen molar-refractivity contribution in [3.05, 3.63) is 60.6 Å². The lowest BCUT2D eigenvalue weighted by Crippen LogP contribution is -2.08. The number of carbonyl (C=O) groups excluding carboxylic acids is 1. The van der Waals surface area contributed by atoms with Crippen LogP contribution < -0.4 is 5.32 Å². The van der Waals surface area contributed by atoms with E-state index < -0.39 is 5.97 Å². The van der Waals surface area contributed by atoms with E-state index in [4.69, 9.17) is 4.74 Å². The maximum Gasteiger partial charge on any atom is 0.357 e. The van der Waals surface area contributed by atoms with Gasteiger partial charge in [-0.05, 0) is 31.2 Å². The van der Waals surface area contributed by atoms with Crippen LogP contribution in [-0.2, 0) is 4.74 Å². The van der Waals surface area contributed by atoms with Gasteiger partial charge in [-0.15, -0.1) is 0 Å². The Morgan fingerprint density at radius 2 is 2.05 bits per heavy atom. The highest BCUT2D eigenvalue weighted by Crippen LogP contribution is 2.25. The number of para-hydroxylation sites is 1. The highest BCUT2D eigenvalue weighted by molar-refractivity contribution is 5.98. The van der Waals surface area contributed by atoms with Crippen LogP contribution >= 0.6 is 0 Å². The third-order valence-corrected chi connectivity index (χ3v) is 3.15. The largest absolute Gasteiger partial charge is 0.461 e. The van der Waals surface area contributed by atoms with Gasteiger partial charge in [0.2, 0.25) is 0 Å². The van der Waals surface area contributed by atoms with Crippen molar-refractivity contribution < 1.29 is 9.53 Å². The number of nitrogens with zero attached hydrogens (tertiary/aromatic N) is 2. The maximum absolute atomic E-state index is 12.0. The second-order valence-electron chi connectivity index (χ2n) is 4.66. The predicted molar refractivity (Wildman–Crippen MR) is 85.2 cm³/mol. The number of esters is 1. The summed E-state index contributed by atoms with van der Waals surface area (Å²) in [6.45, 7) is 2.08. The number of hydrogen-bond acceptors (Lipinski definition) is 5. The summed E-state index contributed by atoms with van der Waals surface area (Å²) in [5, 5.41) is 4.97. The van der Waals surface area contributed by atoms with Crippen LogP contribution in [0.15, 0.2) is 54.9 Å². The standard InChI is InChI=1S/C17H15N3O2/c1-2-22-17(21)15-10-12-11-18-9-8-14(12)16(20-15)19-13-6-4-3-5-7-13/h3-11H,2H2,1H3,(H,19,20). The minimum Gasteiger partial charge on any atom is -0.461 e. The van der Waals surface area contributed by atoms with Crippen molar-refractivity contribution in [2.75, 3.05) is 11.9 Å². The van der Waals surface area contributed by atoms with Gasteiger partial charge in [0.25, 0.3) is 0 Å². The van der Waals surface area contributed by atoms with Crippen molar-refractivity contribution in [3.8, 4) is 0 Å². The monoisotopic (exact) mass is 293 g/mol. The third-order valence-electron chi connectivity index (χ3n) is 3.15. The zero-order valence-corrected chi connectivity index (χ0v) is 12.1. The summed E-state index contributed by atoms with van der Waals surface area (Å²) in [6.07, 6.45) is 3.40. The molecule has 5 heteroatoms. The van der Waals surface area contributed by atoms with E-state index in [-0.39, 0.29) is 5.69 Å². The first kappa shape index (κ1) is 14.0. The molecule has 0 fully saturated rings. The van der Waals surface area contributed by atoms with Crippen molar-refractivity contribution in [1.29, 1.82) is 0 Å². The van der Waals surface area contributed by atoms with Crippen LogP contribution in [0.1, 0.15) is 17.4 Å². The number of aromatic nitrogens is 2. The fraction of sp³-hybridized carbons (Fsp3) is 0.118. The number of nitrogens with one attached hydrogen (secondary N) is 1. The predicted octanol–water partition coefficient (Wildman–Crippen LogP) is 3.55. The summed E-state index contributed by atoms with van der Waals surface area (Å²) in [5.74, 6) is 0.165. The molecule has 0 aliphatic rings. The molecule has 0 amide bonds. The average molecular weight is 293 g/mol. The van der Waals surface area contributed by atoms with E-state index in [9.17, 15) is 4.79 Å². The minimum absolute atomic E-state index is 0.265. The van der Waals surface area contributed by atoms with Gasteiger partial charge in [-0.25, -0.2) is 9.78 Å². The number of pyridine rings is 2. The van der Waals surface area contributed by atoms with Gasteiger partial charge < -0.3 is 10.1 Å². The molecule has 1 N–H and O–H groups in total. The lowest BCUT2D eigenvalue weighted by molar-refractivity contribution is 0.0520. The summed E-state index contributed by atoms with van der Waals surface area (Å²) < 4.78 is 5.03. The molecule has 0 aliphatic heterocycles. The zero-order chi connectivity index (χ0) is 15.4. The molecule has 5 nitrogen and oxygen atoms in total. The van der Waals surface area contributed by atoms with Crippen LogP contribution in [0, 0.1) is 0 Å². The van der Waals surface area contributed by atoms with Gasteiger partial charge in [0.05, 0.1) is 6.61 Å². The van der Waals surface area contributed by atoms with Gasteiger partial charge in [-0.3, -0.25) is 4.98 Å². The van der Waals surface area contributed by atoms with Crippen molar-refractivity contribution in [2.24, 2.45) is 0 Å². The number of anilines is 2. The quantitative estimate of drug-likeness (QED) is 0.745. The molecule has 3 aromatic rings. The van der Waals surface area contributed by atoms with Crippen LogP contribution in [0.3, 0.4) is 0 Å². The second kappa shape index (κ2) is 6.22. The number of benzene rings is 1. The average Bonchev–Trinajstić information content (AvgIpc) is 2.56. The topological polar surface area (TPSA) is 64.1 Å². The van der Waals surface area contributed by atoms with Gasteiger partial charge in [-0.2, -0.15) is 0 Å². The van der Waals surface area contributed by atoms with Crippen LogP contribution in [-0.4, -0.2) is 22.5 Å². The van der Waals surface area contributed by atoms with E-state index in [1.165, 1.54) is 0 Å². The van der Waals surface area contributed by atoms with E-state index in [1.54, 1.807) is 25.4 Å². The molecular weight excluding hydrogens is 278 g/mol. The van der Waals surface area contributed by atoms with E-state index in [0.717, 1.165) is 16.5 Å². The van der Waals surface area contributed by atoms with Crippen LogP contribution in [0.5, 0.6) is 0 Å². The summed E-state index contributed by atoms with van der Waals surface area (Å²) in [4.78, 5) is 20.5. The fourth-order valence-corrected chi connectivity index (χ4v) is 2.16. The SMILES string of the molecule is CCOC(=O)c1cc2cnccc2c(Nc2ccccc2)n1. The molecule has 22 heavy (non-hydrogen) atoms. The van der Waals surface area contributed by atoms with E-state index >= 15 is 0 Å².